The number of guanidine groups is 1. The van der Waals surface area contributed by atoms with Crippen molar-refractivity contribution in [3.05, 3.63) is 29.8 Å². The summed E-state index contributed by atoms with van der Waals surface area (Å²) in [6.45, 7) is 7.56. The molecule has 1 aromatic carbocycles. The minimum atomic E-state index is 0. The van der Waals surface area contributed by atoms with Crippen molar-refractivity contribution in [2.45, 2.75) is 12.8 Å². The Balaban J connectivity index is 0.00000338. The summed E-state index contributed by atoms with van der Waals surface area (Å²) in [4.78, 5) is 9.25. The molecule has 1 heterocycles. The molecule has 0 atom stereocenters. The van der Waals surface area contributed by atoms with E-state index in [2.05, 4.69) is 44.6 Å². The Morgan fingerprint density at radius 2 is 1.81 bits per heavy atom. The molecule has 1 aromatic rings. The second kappa shape index (κ2) is 13.2. The standard InChI is InChI=1S/C19H33N5O.HI/c1-20-19(21-10-9-17-5-7-18(25-3)8-6-17)22-11-14-24-13-4-12-23(2)15-16-24;/h5-8H,4,9-16H2,1-3H3,(H2,20,21,22);1H. The molecule has 6 nitrogen and oxygen atoms in total. The second-order valence-electron chi connectivity index (χ2n) is 6.52. The second-order valence-corrected chi connectivity index (χ2v) is 6.52. The molecule has 1 aliphatic heterocycles. The molecule has 1 saturated heterocycles. The molecule has 2 rings (SSSR count). The first-order valence-electron chi connectivity index (χ1n) is 9.19. The van der Waals surface area contributed by atoms with Crippen LogP contribution in [-0.2, 0) is 6.42 Å². The number of benzene rings is 1. The molecule has 0 spiro atoms. The molecular weight excluding hydrogens is 441 g/mol. The Kier molecular flexibility index (Phi) is 11.6. The lowest BCUT2D eigenvalue weighted by atomic mass is 10.1. The lowest BCUT2D eigenvalue weighted by molar-refractivity contribution is 0.280. The van der Waals surface area contributed by atoms with E-state index < -0.39 is 0 Å². The highest BCUT2D eigenvalue weighted by Gasteiger charge is 2.11. The molecule has 0 radical (unpaired) electrons. The fourth-order valence-electron chi connectivity index (χ4n) is 2.99. The van der Waals surface area contributed by atoms with Gasteiger partial charge in [0, 0.05) is 39.8 Å². The number of ether oxygens (including phenoxy) is 1. The Morgan fingerprint density at radius 1 is 1.08 bits per heavy atom. The van der Waals surface area contributed by atoms with Crippen molar-refractivity contribution < 1.29 is 4.74 Å². The first kappa shape index (κ1) is 23.0. The molecule has 1 fully saturated rings. The summed E-state index contributed by atoms with van der Waals surface area (Å²) in [5.41, 5.74) is 1.29. The van der Waals surface area contributed by atoms with E-state index in [1.165, 1.54) is 25.1 Å². The fourth-order valence-corrected chi connectivity index (χ4v) is 2.99. The maximum atomic E-state index is 5.19. The Morgan fingerprint density at radius 3 is 2.50 bits per heavy atom. The van der Waals surface area contributed by atoms with E-state index >= 15 is 0 Å². The number of aliphatic imine (C=N–C) groups is 1. The summed E-state index contributed by atoms with van der Waals surface area (Å²) < 4.78 is 5.19. The van der Waals surface area contributed by atoms with Gasteiger partial charge in [-0.2, -0.15) is 0 Å². The van der Waals surface area contributed by atoms with Gasteiger partial charge in [-0.05, 0) is 50.7 Å². The quantitative estimate of drug-likeness (QED) is 0.357. The van der Waals surface area contributed by atoms with Gasteiger partial charge in [-0.25, -0.2) is 0 Å². The van der Waals surface area contributed by atoms with E-state index in [-0.39, 0.29) is 24.0 Å². The Hall–Kier alpha value is -1.06. The van der Waals surface area contributed by atoms with Crippen molar-refractivity contribution in [3.8, 4) is 5.75 Å². The highest BCUT2D eigenvalue weighted by atomic mass is 127. The van der Waals surface area contributed by atoms with Crippen molar-refractivity contribution in [1.29, 1.82) is 0 Å². The SMILES string of the molecule is CN=C(NCCc1ccc(OC)cc1)NCCN1CCCN(C)CC1.I. The van der Waals surface area contributed by atoms with E-state index in [9.17, 15) is 0 Å². The molecule has 26 heavy (non-hydrogen) atoms. The zero-order valence-electron chi connectivity index (χ0n) is 16.3. The number of likely N-dealkylation sites (N-methyl/N-ethyl adjacent to an activating group) is 1. The third-order valence-electron chi connectivity index (χ3n) is 4.62. The van der Waals surface area contributed by atoms with Crippen LogP contribution in [0.2, 0.25) is 0 Å². The average molecular weight is 475 g/mol. The van der Waals surface area contributed by atoms with Gasteiger partial charge in [0.25, 0.3) is 0 Å². The van der Waals surface area contributed by atoms with Crippen LogP contribution in [0, 0.1) is 0 Å². The van der Waals surface area contributed by atoms with Gasteiger partial charge in [0.1, 0.15) is 5.75 Å². The first-order chi connectivity index (χ1) is 12.2. The van der Waals surface area contributed by atoms with Crippen molar-refractivity contribution in [2.24, 2.45) is 4.99 Å². The Labute approximate surface area is 175 Å². The minimum Gasteiger partial charge on any atom is -0.497 e. The summed E-state index contributed by atoms with van der Waals surface area (Å²) in [6, 6.07) is 8.21. The highest BCUT2D eigenvalue weighted by Crippen LogP contribution is 2.11. The van der Waals surface area contributed by atoms with Gasteiger partial charge in [-0.15, -0.1) is 24.0 Å². The van der Waals surface area contributed by atoms with Gasteiger partial charge in [-0.3, -0.25) is 4.99 Å². The molecule has 0 unspecified atom stereocenters. The van der Waals surface area contributed by atoms with E-state index in [1.54, 1.807) is 7.11 Å². The van der Waals surface area contributed by atoms with Crippen LogP contribution in [0.5, 0.6) is 5.75 Å². The highest BCUT2D eigenvalue weighted by molar-refractivity contribution is 14.0. The van der Waals surface area contributed by atoms with Crippen molar-refractivity contribution in [1.82, 2.24) is 20.4 Å². The van der Waals surface area contributed by atoms with Gasteiger partial charge in [0.2, 0.25) is 0 Å². The molecule has 1 aliphatic rings. The first-order valence-corrected chi connectivity index (χ1v) is 9.19. The molecule has 0 bridgehead atoms. The van der Waals surface area contributed by atoms with Crippen LogP contribution in [0.4, 0.5) is 0 Å². The topological polar surface area (TPSA) is 52.1 Å². The van der Waals surface area contributed by atoms with Gasteiger partial charge in [0.15, 0.2) is 5.96 Å². The van der Waals surface area contributed by atoms with E-state index in [1.807, 2.05) is 19.2 Å². The number of methoxy groups -OCH3 is 1. The van der Waals surface area contributed by atoms with Crippen molar-refractivity contribution >= 4 is 29.9 Å². The molecule has 0 saturated carbocycles. The largest absolute Gasteiger partial charge is 0.497 e. The number of hydrogen-bond acceptors (Lipinski definition) is 4. The molecule has 7 heteroatoms. The predicted molar refractivity (Wildman–Crippen MR) is 120 cm³/mol. The molecule has 148 valence electrons. The lowest BCUT2D eigenvalue weighted by Gasteiger charge is -2.21. The number of hydrogen-bond donors (Lipinski definition) is 2. The van der Waals surface area contributed by atoms with Gasteiger partial charge < -0.3 is 25.2 Å². The van der Waals surface area contributed by atoms with Crippen molar-refractivity contribution in [3.63, 3.8) is 0 Å². The van der Waals surface area contributed by atoms with E-state index in [4.69, 9.17) is 4.74 Å². The summed E-state index contributed by atoms with van der Waals surface area (Å²) in [6.07, 6.45) is 2.22. The summed E-state index contributed by atoms with van der Waals surface area (Å²) in [7, 11) is 5.72. The molecular formula is C19H34IN5O. The number of rotatable bonds is 7. The fraction of sp³-hybridized carbons (Fsp3) is 0.632. The molecule has 2 N–H and O–H groups in total. The minimum absolute atomic E-state index is 0. The number of nitrogens with one attached hydrogen (secondary N) is 2. The monoisotopic (exact) mass is 475 g/mol. The normalized spacial score (nSPS) is 16.5. The third kappa shape index (κ3) is 8.55. The van der Waals surface area contributed by atoms with E-state index in [0.717, 1.165) is 50.9 Å². The number of halogens is 1. The van der Waals surface area contributed by atoms with Crippen LogP contribution >= 0.6 is 24.0 Å². The molecule has 0 aromatic heterocycles. The maximum absolute atomic E-state index is 5.19. The average Bonchev–Trinajstić information content (AvgIpc) is 2.85. The van der Waals surface area contributed by atoms with Gasteiger partial charge in [-0.1, -0.05) is 12.1 Å². The van der Waals surface area contributed by atoms with Crippen LogP contribution in [0.25, 0.3) is 0 Å². The number of nitrogens with zero attached hydrogens (tertiary/aromatic N) is 3. The molecule has 0 amide bonds. The zero-order chi connectivity index (χ0) is 17.9. The summed E-state index contributed by atoms with van der Waals surface area (Å²) >= 11 is 0. The summed E-state index contributed by atoms with van der Waals surface area (Å²) in [5, 5.41) is 6.80. The van der Waals surface area contributed by atoms with Crippen LogP contribution in [0.1, 0.15) is 12.0 Å². The van der Waals surface area contributed by atoms with Crippen molar-refractivity contribution in [2.75, 3.05) is 67.0 Å². The smallest absolute Gasteiger partial charge is 0.191 e. The van der Waals surface area contributed by atoms with Gasteiger partial charge >= 0.3 is 0 Å². The van der Waals surface area contributed by atoms with Crippen LogP contribution in [0.15, 0.2) is 29.3 Å². The Bertz CT molecular complexity index is 523. The zero-order valence-corrected chi connectivity index (χ0v) is 18.7. The lowest BCUT2D eigenvalue weighted by Crippen LogP contribution is -2.42. The van der Waals surface area contributed by atoms with Gasteiger partial charge in [0.05, 0.1) is 7.11 Å². The summed E-state index contributed by atoms with van der Waals surface area (Å²) in [5.74, 6) is 1.77. The maximum Gasteiger partial charge on any atom is 0.191 e. The predicted octanol–water partition coefficient (Wildman–Crippen LogP) is 1.66. The molecule has 0 aliphatic carbocycles. The van der Waals surface area contributed by atoms with Crippen LogP contribution in [-0.4, -0.2) is 82.8 Å². The van der Waals surface area contributed by atoms with E-state index in [0.29, 0.717) is 0 Å². The third-order valence-corrected chi connectivity index (χ3v) is 4.62. The van der Waals surface area contributed by atoms with Crippen LogP contribution in [0.3, 0.4) is 0 Å². The van der Waals surface area contributed by atoms with Crippen LogP contribution < -0.4 is 15.4 Å².